The van der Waals surface area contributed by atoms with E-state index in [2.05, 4.69) is 0 Å². The van der Waals surface area contributed by atoms with Gasteiger partial charge in [-0.15, -0.1) is 0 Å². The number of ketones is 1. The molecule has 0 aliphatic carbocycles. The van der Waals surface area contributed by atoms with E-state index in [1.165, 1.54) is 0 Å². The number of Topliss-reactive ketones (excluding diaryl/α,β-unsaturated/α-hetero) is 1. The molecule has 0 saturated carbocycles. The minimum absolute atomic E-state index is 0.151. The van der Waals surface area contributed by atoms with E-state index in [1.807, 2.05) is 0 Å². The Bertz CT molecular complexity index is 223. The highest BCUT2D eigenvalue weighted by Crippen LogP contribution is 2.08. The molecule has 0 aliphatic heterocycles. The normalized spacial score (nSPS) is 10.0. The third-order valence-electron chi connectivity index (χ3n) is 2.39. The van der Waals surface area contributed by atoms with Crippen LogP contribution in [0.4, 0.5) is 0 Å². The van der Waals surface area contributed by atoms with E-state index in [9.17, 15) is 14.4 Å². The number of carbonyl (C=O) groups is 3. The highest BCUT2D eigenvalue weighted by Gasteiger charge is 2.01. The van der Waals surface area contributed by atoms with Crippen LogP contribution < -0.4 is 0 Å². The van der Waals surface area contributed by atoms with Crippen molar-refractivity contribution in [2.45, 2.75) is 57.8 Å². The standard InChI is InChI=1S/C12H20O4/c13-10-6-8-11(14)7-4-2-1-3-5-9-12(15)16/h10H,1-9H2,(H,15,16). The summed E-state index contributed by atoms with van der Waals surface area (Å²) < 4.78 is 0. The molecule has 0 rings (SSSR count). The molecule has 0 amide bonds. The van der Waals surface area contributed by atoms with Crippen LogP contribution in [-0.4, -0.2) is 23.1 Å². The van der Waals surface area contributed by atoms with E-state index in [-0.39, 0.29) is 12.2 Å². The number of hydrogen-bond acceptors (Lipinski definition) is 3. The minimum Gasteiger partial charge on any atom is -0.481 e. The molecule has 4 heteroatoms. The molecule has 0 bridgehead atoms. The summed E-state index contributed by atoms with van der Waals surface area (Å²) in [5.41, 5.74) is 0. The fourth-order valence-electron chi connectivity index (χ4n) is 1.47. The van der Waals surface area contributed by atoms with Crippen LogP contribution in [0.5, 0.6) is 0 Å². The van der Waals surface area contributed by atoms with Crippen molar-refractivity contribution in [2.75, 3.05) is 0 Å². The second-order valence-electron chi connectivity index (χ2n) is 3.91. The summed E-state index contributed by atoms with van der Waals surface area (Å²) in [4.78, 5) is 31.4. The molecule has 0 fully saturated rings. The number of carbonyl (C=O) groups excluding carboxylic acids is 2. The molecule has 0 atom stereocenters. The zero-order chi connectivity index (χ0) is 12.2. The lowest BCUT2D eigenvalue weighted by Gasteiger charge is -2.00. The fraction of sp³-hybridized carbons (Fsp3) is 0.750. The van der Waals surface area contributed by atoms with E-state index >= 15 is 0 Å². The number of carboxylic acids is 1. The van der Waals surface area contributed by atoms with E-state index in [0.29, 0.717) is 25.7 Å². The Hall–Kier alpha value is -1.19. The van der Waals surface area contributed by atoms with Crippen molar-refractivity contribution in [3.05, 3.63) is 0 Å². The van der Waals surface area contributed by atoms with Crippen LogP contribution in [0.2, 0.25) is 0 Å². The van der Waals surface area contributed by atoms with Crippen LogP contribution in [0, 0.1) is 0 Å². The molecular weight excluding hydrogens is 208 g/mol. The third-order valence-corrected chi connectivity index (χ3v) is 2.39. The lowest BCUT2D eigenvalue weighted by molar-refractivity contribution is -0.137. The first-order chi connectivity index (χ1) is 7.66. The van der Waals surface area contributed by atoms with Gasteiger partial charge in [-0.2, -0.15) is 0 Å². The third kappa shape index (κ3) is 10.9. The van der Waals surface area contributed by atoms with E-state index in [1.54, 1.807) is 0 Å². The molecule has 0 spiro atoms. The van der Waals surface area contributed by atoms with Gasteiger partial charge in [0.1, 0.15) is 12.1 Å². The summed E-state index contributed by atoms with van der Waals surface area (Å²) >= 11 is 0. The van der Waals surface area contributed by atoms with Crippen molar-refractivity contribution >= 4 is 18.0 Å². The molecule has 0 saturated heterocycles. The SMILES string of the molecule is O=CCCC(=O)CCCCCCCC(=O)O. The number of unbranched alkanes of at least 4 members (excludes halogenated alkanes) is 4. The first-order valence-electron chi connectivity index (χ1n) is 5.84. The summed E-state index contributed by atoms with van der Waals surface area (Å²) in [7, 11) is 0. The average Bonchev–Trinajstić information content (AvgIpc) is 2.24. The number of carboxylic acid groups (broad SMARTS) is 1. The fourth-order valence-corrected chi connectivity index (χ4v) is 1.47. The van der Waals surface area contributed by atoms with Crippen LogP contribution >= 0.6 is 0 Å². The Morgan fingerprint density at radius 1 is 0.875 bits per heavy atom. The molecule has 0 radical (unpaired) electrons. The van der Waals surface area contributed by atoms with Crippen LogP contribution in [-0.2, 0) is 14.4 Å². The maximum absolute atomic E-state index is 11.1. The lowest BCUT2D eigenvalue weighted by atomic mass is 10.1. The lowest BCUT2D eigenvalue weighted by Crippen LogP contribution is -1.98. The van der Waals surface area contributed by atoms with Crippen molar-refractivity contribution in [3.63, 3.8) is 0 Å². The van der Waals surface area contributed by atoms with Crippen molar-refractivity contribution in [1.82, 2.24) is 0 Å². The Morgan fingerprint density at radius 2 is 1.44 bits per heavy atom. The Morgan fingerprint density at radius 3 is 2.00 bits per heavy atom. The van der Waals surface area contributed by atoms with Crippen LogP contribution in [0.15, 0.2) is 0 Å². The Kier molecular flexibility index (Phi) is 9.56. The van der Waals surface area contributed by atoms with Gasteiger partial charge in [0.05, 0.1) is 0 Å². The predicted molar refractivity (Wildman–Crippen MR) is 60.3 cm³/mol. The van der Waals surface area contributed by atoms with Gasteiger partial charge in [0.25, 0.3) is 0 Å². The van der Waals surface area contributed by atoms with Crippen LogP contribution in [0.3, 0.4) is 0 Å². The first-order valence-corrected chi connectivity index (χ1v) is 5.84. The molecule has 4 nitrogen and oxygen atoms in total. The number of hydrogen-bond donors (Lipinski definition) is 1. The molecule has 0 heterocycles. The summed E-state index contributed by atoms with van der Waals surface area (Å²) in [5, 5.41) is 8.40. The van der Waals surface area contributed by atoms with Gasteiger partial charge < -0.3 is 9.90 Å². The molecule has 0 aromatic rings. The van der Waals surface area contributed by atoms with Gasteiger partial charge in [-0.05, 0) is 12.8 Å². The number of aldehydes is 1. The Balaban J connectivity index is 3.17. The van der Waals surface area contributed by atoms with E-state index in [0.717, 1.165) is 32.0 Å². The highest BCUT2D eigenvalue weighted by molar-refractivity contribution is 5.80. The molecule has 0 aromatic carbocycles. The van der Waals surface area contributed by atoms with Gasteiger partial charge in [0.2, 0.25) is 0 Å². The van der Waals surface area contributed by atoms with Gasteiger partial charge in [-0.25, -0.2) is 0 Å². The molecule has 16 heavy (non-hydrogen) atoms. The van der Waals surface area contributed by atoms with Crippen LogP contribution in [0.1, 0.15) is 57.8 Å². The highest BCUT2D eigenvalue weighted by atomic mass is 16.4. The second-order valence-corrected chi connectivity index (χ2v) is 3.91. The first kappa shape index (κ1) is 14.8. The summed E-state index contributed by atoms with van der Waals surface area (Å²) in [6.07, 6.45) is 6.67. The monoisotopic (exact) mass is 228 g/mol. The van der Waals surface area contributed by atoms with E-state index in [4.69, 9.17) is 5.11 Å². The van der Waals surface area contributed by atoms with Crippen molar-refractivity contribution < 1.29 is 19.5 Å². The van der Waals surface area contributed by atoms with Crippen LogP contribution in [0.25, 0.3) is 0 Å². The summed E-state index contributed by atoms with van der Waals surface area (Å²) in [5.74, 6) is -0.596. The smallest absolute Gasteiger partial charge is 0.303 e. The zero-order valence-electron chi connectivity index (χ0n) is 9.61. The van der Waals surface area contributed by atoms with Gasteiger partial charge >= 0.3 is 5.97 Å². The van der Waals surface area contributed by atoms with Crippen molar-refractivity contribution in [2.24, 2.45) is 0 Å². The van der Waals surface area contributed by atoms with Crippen molar-refractivity contribution in [1.29, 1.82) is 0 Å². The van der Waals surface area contributed by atoms with Crippen molar-refractivity contribution in [3.8, 4) is 0 Å². The molecule has 92 valence electrons. The second kappa shape index (κ2) is 10.3. The topological polar surface area (TPSA) is 71.4 Å². The molecule has 0 unspecified atom stereocenters. The van der Waals surface area contributed by atoms with Gasteiger partial charge in [0.15, 0.2) is 0 Å². The maximum atomic E-state index is 11.1. The Labute approximate surface area is 96.0 Å². The average molecular weight is 228 g/mol. The molecular formula is C12H20O4. The summed E-state index contributed by atoms with van der Waals surface area (Å²) in [6, 6.07) is 0. The largest absolute Gasteiger partial charge is 0.481 e. The number of rotatable bonds is 11. The van der Waals surface area contributed by atoms with Gasteiger partial charge in [-0.1, -0.05) is 19.3 Å². The molecule has 0 aliphatic rings. The molecule has 1 N–H and O–H groups in total. The quantitative estimate of drug-likeness (QED) is 0.435. The maximum Gasteiger partial charge on any atom is 0.303 e. The minimum atomic E-state index is -0.746. The number of aliphatic carboxylic acids is 1. The zero-order valence-corrected chi connectivity index (χ0v) is 9.61. The van der Waals surface area contributed by atoms with Gasteiger partial charge in [-0.3, -0.25) is 9.59 Å². The van der Waals surface area contributed by atoms with Gasteiger partial charge in [0, 0.05) is 25.7 Å². The summed E-state index contributed by atoms with van der Waals surface area (Å²) in [6.45, 7) is 0. The van der Waals surface area contributed by atoms with E-state index < -0.39 is 5.97 Å². The molecule has 0 aromatic heterocycles. The predicted octanol–water partition coefficient (Wildman–Crippen LogP) is 2.35.